The molecule has 1 aromatic heterocycles. The number of carboxylic acid groups (broad SMARTS) is 1. The van der Waals surface area contributed by atoms with Gasteiger partial charge in [0.15, 0.2) is 6.10 Å². The van der Waals surface area contributed by atoms with Crippen LogP contribution in [-0.2, 0) is 22.4 Å². The van der Waals surface area contributed by atoms with E-state index in [4.69, 9.17) is 9.15 Å². The minimum Gasteiger partial charge on any atom is -0.480 e. The van der Waals surface area contributed by atoms with Gasteiger partial charge in [0.1, 0.15) is 17.4 Å². The number of hydrogen-bond donors (Lipinski definition) is 2. The molecule has 2 aromatic rings. The molecule has 7 nitrogen and oxygen atoms in total. The molecular formula is C21H25NO6. The van der Waals surface area contributed by atoms with Crippen molar-refractivity contribution in [2.24, 2.45) is 0 Å². The molecule has 1 aliphatic carbocycles. The number of benzene rings is 1. The molecular weight excluding hydrogens is 362 g/mol. The summed E-state index contributed by atoms with van der Waals surface area (Å²) < 4.78 is 11.4. The predicted molar refractivity (Wildman–Crippen MR) is 104 cm³/mol. The maximum atomic E-state index is 12.5. The minimum atomic E-state index is -1.07. The topological polar surface area (TPSA) is 106 Å². The van der Waals surface area contributed by atoms with Crippen LogP contribution in [0.4, 0.5) is 0 Å². The Morgan fingerprint density at radius 3 is 2.68 bits per heavy atom. The van der Waals surface area contributed by atoms with Gasteiger partial charge in [-0.25, -0.2) is 9.59 Å². The highest BCUT2D eigenvalue weighted by atomic mass is 16.5. The third-order valence-electron chi connectivity index (χ3n) is 5.04. The molecule has 0 aliphatic heterocycles. The number of nitrogens with one attached hydrogen (secondary N) is 1. The van der Waals surface area contributed by atoms with Gasteiger partial charge < -0.3 is 19.6 Å². The zero-order chi connectivity index (χ0) is 20.4. The summed E-state index contributed by atoms with van der Waals surface area (Å²) in [4.78, 5) is 36.0. The maximum Gasteiger partial charge on any atom is 0.339 e. The molecule has 0 saturated carbocycles. The van der Waals surface area contributed by atoms with Crippen molar-refractivity contribution in [1.82, 2.24) is 5.32 Å². The van der Waals surface area contributed by atoms with E-state index in [1.807, 2.05) is 19.9 Å². The van der Waals surface area contributed by atoms with Crippen molar-refractivity contribution < 1.29 is 23.8 Å². The molecule has 1 aliphatic rings. The van der Waals surface area contributed by atoms with Crippen molar-refractivity contribution in [2.45, 2.75) is 65.0 Å². The van der Waals surface area contributed by atoms with Crippen LogP contribution in [-0.4, -0.2) is 29.1 Å². The monoisotopic (exact) mass is 387 g/mol. The van der Waals surface area contributed by atoms with Gasteiger partial charge in [0.2, 0.25) is 0 Å². The number of fused-ring (bicyclic) bond motifs is 3. The van der Waals surface area contributed by atoms with Crippen LogP contribution in [0.25, 0.3) is 11.0 Å². The first kappa shape index (κ1) is 19.9. The normalized spacial score (nSPS) is 15.1. The van der Waals surface area contributed by atoms with Crippen LogP contribution in [0.3, 0.4) is 0 Å². The quantitative estimate of drug-likeness (QED) is 0.708. The summed E-state index contributed by atoms with van der Waals surface area (Å²) >= 11 is 0. The number of carboxylic acids is 1. The Morgan fingerprint density at radius 2 is 2.00 bits per heavy atom. The molecule has 7 heteroatoms. The van der Waals surface area contributed by atoms with Crippen molar-refractivity contribution in [3.63, 3.8) is 0 Å². The number of carbonyl (C=O) groups is 2. The molecule has 0 bridgehead atoms. The molecule has 0 spiro atoms. The van der Waals surface area contributed by atoms with Gasteiger partial charge in [-0.05, 0) is 62.8 Å². The Hall–Kier alpha value is -2.83. The standard InChI is InChI=1S/C21H25NO6/c1-4-6-15(20(24)25)22-19(23)12(3)27-16-9-11(2)10-17-18(16)13-7-5-8-14(13)21(26)28-17/h9-10,12,15H,4-8H2,1-3H3,(H,22,23)(H,24,25)/t12-,15+/m1/s1. The summed E-state index contributed by atoms with van der Waals surface area (Å²) in [7, 11) is 0. The summed E-state index contributed by atoms with van der Waals surface area (Å²) in [5, 5.41) is 12.5. The Morgan fingerprint density at radius 1 is 1.29 bits per heavy atom. The third-order valence-corrected chi connectivity index (χ3v) is 5.04. The van der Waals surface area contributed by atoms with Crippen molar-refractivity contribution in [3.8, 4) is 5.75 Å². The van der Waals surface area contributed by atoms with E-state index >= 15 is 0 Å². The van der Waals surface area contributed by atoms with E-state index in [9.17, 15) is 19.5 Å². The summed E-state index contributed by atoms with van der Waals surface area (Å²) in [6.45, 7) is 5.29. The van der Waals surface area contributed by atoms with E-state index in [0.717, 1.165) is 29.4 Å². The van der Waals surface area contributed by atoms with Crippen LogP contribution < -0.4 is 15.7 Å². The van der Waals surface area contributed by atoms with Gasteiger partial charge in [-0.3, -0.25) is 4.79 Å². The van der Waals surface area contributed by atoms with E-state index in [-0.39, 0.29) is 5.63 Å². The number of carbonyl (C=O) groups excluding carboxylic acids is 1. The summed E-state index contributed by atoms with van der Waals surface area (Å²) in [6.07, 6.45) is 2.40. The summed E-state index contributed by atoms with van der Waals surface area (Å²) in [6, 6.07) is 2.65. The molecule has 0 saturated heterocycles. The van der Waals surface area contributed by atoms with Gasteiger partial charge in [-0.2, -0.15) is 0 Å². The number of aryl methyl sites for hydroxylation is 2. The van der Waals surface area contributed by atoms with Gasteiger partial charge in [0.05, 0.1) is 5.39 Å². The molecule has 0 radical (unpaired) electrons. The van der Waals surface area contributed by atoms with Gasteiger partial charge in [-0.1, -0.05) is 13.3 Å². The van der Waals surface area contributed by atoms with Crippen LogP contribution in [0.2, 0.25) is 0 Å². The Labute approximate surface area is 162 Å². The number of rotatable bonds is 7. The van der Waals surface area contributed by atoms with Gasteiger partial charge in [0, 0.05) is 5.56 Å². The minimum absolute atomic E-state index is 0.314. The molecule has 28 heavy (non-hydrogen) atoms. The summed E-state index contributed by atoms with van der Waals surface area (Å²) in [5.74, 6) is -1.09. The third kappa shape index (κ3) is 3.88. The van der Waals surface area contributed by atoms with Crippen LogP contribution in [0.15, 0.2) is 21.3 Å². The lowest BCUT2D eigenvalue weighted by atomic mass is 10.0. The average Bonchev–Trinajstić information content (AvgIpc) is 3.10. The molecule has 0 unspecified atom stereocenters. The zero-order valence-corrected chi connectivity index (χ0v) is 16.3. The first-order chi connectivity index (χ1) is 13.3. The highest BCUT2D eigenvalue weighted by Crippen LogP contribution is 2.35. The first-order valence-electron chi connectivity index (χ1n) is 9.60. The number of aliphatic carboxylic acids is 1. The van der Waals surface area contributed by atoms with E-state index in [1.165, 1.54) is 0 Å². The van der Waals surface area contributed by atoms with E-state index in [1.54, 1.807) is 13.0 Å². The maximum absolute atomic E-state index is 12.5. The van der Waals surface area contributed by atoms with Crippen molar-refractivity contribution in [2.75, 3.05) is 0 Å². The molecule has 1 amide bonds. The fourth-order valence-electron chi connectivity index (χ4n) is 3.68. The zero-order valence-electron chi connectivity index (χ0n) is 16.3. The first-order valence-corrected chi connectivity index (χ1v) is 9.60. The molecule has 2 atom stereocenters. The highest BCUT2D eigenvalue weighted by Gasteiger charge is 2.26. The Bertz CT molecular complexity index is 977. The van der Waals surface area contributed by atoms with Crippen LogP contribution in [0, 0.1) is 6.92 Å². The molecule has 1 aromatic carbocycles. The van der Waals surface area contributed by atoms with E-state index < -0.39 is 24.0 Å². The second-order valence-corrected chi connectivity index (χ2v) is 7.28. The molecule has 1 heterocycles. The second-order valence-electron chi connectivity index (χ2n) is 7.28. The lowest BCUT2D eigenvalue weighted by Gasteiger charge is -2.20. The van der Waals surface area contributed by atoms with Gasteiger partial charge in [0.25, 0.3) is 5.91 Å². The molecule has 150 valence electrons. The second kappa shape index (κ2) is 8.04. The van der Waals surface area contributed by atoms with Crippen molar-refractivity contribution in [3.05, 3.63) is 39.2 Å². The number of amides is 1. The molecule has 3 rings (SSSR count). The van der Waals surface area contributed by atoms with E-state index in [0.29, 0.717) is 36.2 Å². The fourth-order valence-corrected chi connectivity index (χ4v) is 3.68. The lowest BCUT2D eigenvalue weighted by molar-refractivity contribution is -0.143. The smallest absolute Gasteiger partial charge is 0.339 e. The Kier molecular flexibility index (Phi) is 5.72. The van der Waals surface area contributed by atoms with Gasteiger partial charge >= 0.3 is 11.6 Å². The van der Waals surface area contributed by atoms with E-state index in [2.05, 4.69) is 5.32 Å². The fraction of sp³-hybridized carbons (Fsp3) is 0.476. The largest absolute Gasteiger partial charge is 0.480 e. The van der Waals surface area contributed by atoms with Crippen molar-refractivity contribution in [1.29, 1.82) is 0 Å². The summed E-state index contributed by atoms with van der Waals surface area (Å²) in [5.41, 5.74) is 2.56. The average molecular weight is 387 g/mol. The SMILES string of the molecule is CCC[C@H](NC(=O)[C@@H](C)Oc1cc(C)cc2oc(=O)c3c(c12)CCC3)C(=O)O. The highest BCUT2D eigenvalue weighted by molar-refractivity contribution is 5.90. The number of hydrogen-bond acceptors (Lipinski definition) is 5. The predicted octanol–water partition coefficient (Wildman–Crippen LogP) is 2.73. The van der Waals surface area contributed by atoms with Crippen molar-refractivity contribution >= 4 is 22.8 Å². The lowest BCUT2D eigenvalue weighted by Crippen LogP contribution is -2.46. The van der Waals surface area contributed by atoms with Crippen LogP contribution >= 0.6 is 0 Å². The van der Waals surface area contributed by atoms with Gasteiger partial charge in [-0.15, -0.1) is 0 Å². The molecule has 2 N–H and O–H groups in total. The number of ether oxygens (including phenoxy) is 1. The van der Waals surface area contributed by atoms with Crippen LogP contribution in [0.5, 0.6) is 5.75 Å². The Balaban J connectivity index is 1.91. The molecule has 0 fully saturated rings. The van der Waals surface area contributed by atoms with Crippen LogP contribution in [0.1, 0.15) is 49.8 Å².